The first kappa shape index (κ1) is 19.7. The number of alkyl halides is 3. The monoisotopic (exact) mass is 393 g/mol. The molecule has 0 aliphatic carbocycles. The van der Waals surface area contributed by atoms with Crippen LogP contribution < -0.4 is 20.7 Å². The smallest absolute Gasteiger partial charge is 0.416 e. The summed E-state index contributed by atoms with van der Waals surface area (Å²) in [5.41, 5.74) is 5.15. The van der Waals surface area contributed by atoms with Gasteiger partial charge >= 0.3 is 6.18 Å². The van der Waals surface area contributed by atoms with E-state index in [4.69, 9.17) is 10.5 Å². The van der Waals surface area contributed by atoms with Gasteiger partial charge in [-0.2, -0.15) is 13.2 Å². The number of hydrogen-bond donors (Lipinski definition) is 2. The van der Waals surface area contributed by atoms with E-state index in [9.17, 15) is 22.8 Å². The van der Waals surface area contributed by atoms with E-state index in [0.717, 1.165) is 12.1 Å². The molecule has 2 aromatic carbocycles. The fourth-order valence-corrected chi connectivity index (χ4v) is 2.91. The highest BCUT2D eigenvalue weighted by molar-refractivity contribution is 6.06. The molecular weight excluding hydrogens is 375 g/mol. The lowest BCUT2D eigenvalue weighted by atomic mass is 10.1. The third-order valence-electron chi connectivity index (χ3n) is 4.21. The molecule has 0 fully saturated rings. The first-order valence-electron chi connectivity index (χ1n) is 8.47. The molecule has 2 amide bonds. The van der Waals surface area contributed by atoms with E-state index in [2.05, 4.69) is 5.32 Å². The second-order valence-corrected chi connectivity index (χ2v) is 6.32. The van der Waals surface area contributed by atoms with Crippen molar-refractivity contribution in [2.45, 2.75) is 25.7 Å². The van der Waals surface area contributed by atoms with E-state index in [1.807, 2.05) is 0 Å². The highest BCUT2D eigenvalue weighted by Crippen LogP contribution is 2.34. The molecule has 3 N–H and O–H groups in total. The Labute approximate surface area is 159 Å². The number of nitrogens with zero attached hydrogens (tertiary/aromatic N) is 1. The number of halogens is 3. The minimum absolute atomic E-state index is 0.0395. The van der Waals surface area contributed by atoms with Crippen LogP contribution in [0.25, 0.3) is 0 Å². The second-order valence-electron chi connectivity index (χ2n) is 6.32. The molecule has 1 atom stereocenters. The number of ether oxygens (including phenoxy) is 1. The van der Waals surface area contributed by atoms with Crippen LogP contribution in [0.2, 0.25) is 0 Å². The Morgan fingerprint density at radius 1 is 1.25 bits per heavy atom. The molecule has 2 aromatic rings. The summed E-state index contributed by atoms with van der Waals surface area (Å²) in [6.07, 6.45) is -5.35. The Hall–Kier alpha value is -3.07. The fraction of sp³-hybridized carbons (Fsp3) is 0.263. The van der Waals surface area contributed by atoms with Crippen molar-refractivity contribution in [2.75, 3.05) is 16.8 Å². The Morgan fingerprint density at radius 2 is 1.96 bits per heavy atom. The topological polar surface area (TPSA) is 84.7 Å². The molecule has 0 bridgehead atoms. The molecule has 1 aliphatic heterocycles. The summed E-state index contributed by atoms with van der Waals surface area (Å²) < 4.78 is 44.6. The summed E-state index contributed by atoms with van der Waals surface area (Å²) in [5.74, 6) is -0.605. The molecular formula is C19H18F3N3O3. The molecule has 0 radical (unpaired) electrons. The van der Waals surface area contributed by atoms with Gasteiger partial charge in [-0.15, -0.1) is 0 Å². The predicted octanol–water partition coefficient (Wildman–Crippen LogP) is 2.92. The van der Waals surface area contributed by atoms with Crippen LogP contribution in [0.3, 0.4) is 0 Å². The van der Waals surface area contributed by atoms with Crippen molar-refractivity contribution in [2.24, 2.45) is 5.73 Å². The van der Waals surface area contributed by atoms with Gasteiger partial charge < -0.3 is 15.8 Å². The van der Waals surface area contributed by atoms with Crippen molar-refractivity contribution in [1.82, 2.24) is 0 Å². The predicted molar refractivity (Wildman–Crippen MR) is 96.9 cm³/mol. The average molecular weight is 393 g/mol. The van der Waals surface area contributed by atoms with E-state index in [1.54, 1.807) is 31.2 Å². The number of carbonyl (C=O) groups is 2. The van der Waals surface area contributed by atoms with Crippen LogP contribution in [0.15, 0.2) is 42.5 Å². The summed E-state index contributed by atoms with van der Waals surface area (Å²) >= 11 is 0. The molecule has 0 spiro atoms. The number of hydrogen-bond acceptors (Lipinski definition) is 4. The molecule has 9 heteroatoms. The van der Waals surface area contributed by atoms with Crippen LogP contribution in [0.5, 0.6) is 5.75 Å². The van der Waals surface area contributed by atoms with E-state index in [-0.39, 0.29) is 24.3 Å². The van der Waals surface area contributed by atoms with Crippen LogP contribution in [-0.2, 0) is 22.3 Å². The maximum atomic E-state index is 13.0. The molecule has 148 valence electrons. The zero-order chi connectivity index (χ0) is 20.5. The third kappa shape index (κ3) is 4.09. The maximum Gasteiger partial charge on any atom is 0.416 e. The van der Waals surface area contributed by atoms with Gasteiger partial charge in [-0.3, -0.25) is 14.5 Å². The van der Waals surface area contributed by atoms with Crippen LogP contribution in [0.1, 0.15) is 18.1 Å². The molecule has 28 heavy (non-hydrogen) atoms. The van der Waals surface area contributed by atoms with Crippen molar-refractivity contribution in [1.29, 1.82) is 0 Å². The first-order chi connectivity index (χ1) is 13.2. The molecule has 0 aromatic heterocycles. The van der Waals surface area contributed by atoms with Crippen LogP contribution >= 0.6 is 0 Å². The number of anilines is 2. The van der Waals surface area contributed by atoms with Gasteiger partial charge in [0.25, 0.3) is 5.91 Å². The summed E-state index contributed by atoms with van der Waals surface area (Å²) in [4.78, 5) is 26.1. The Balaban J connectivity index is 1.82. The van der Waals surface area contributed by atoms with E-state index < -0.39 is 29.7 Å². The van der Waals surface area contributed by atoms with Gasteiger partial charge in [0.15, 0.2) is 6.10 Å². The molecule has 1 heterocycles. The minimum Gasteiger partial charge on any atom is -0.479 e. The summed E-state index contributed by atoms with van der Waals surface area (Å²) in [7, 11) is 0. The van der Waals surface area contributed by atoms with Crippen molar-refractivity contribution in [3.05, 3.63) is 53.6 Å². The van der Waals surface area contributed by atoms with Gasteiger partial charge in [-0.1, -0.05) is 12.1 Å². The summed E-state index contributed by atoms with van der Waals surface area (Å²) in [5, 5.41) is 2.41. The van der Waals surface area contributed by atoms with Gasteiger partial charge in [0.1, 0.15) is 12.3 Å². The molecule has 0 saturated heterocycles. The van der Waals surface area contributed by atoms with Crippen LogP contribution in [-0.4, -0.2) is 24.5 Å². The van der Waals surface area contributed by atoms with Gasteiger partial charge in [0.05, 0.1) is 11.3 Å². The van der Waals surface area contributed by atoms with Crippen LogP contribution in [0, 0.1) is 0 Å². The molecule has 0 saturated carbocycles. The summed E-state index contributed by atoms with van der Waals surface area (Å²) in [6.45, 7) is 1.08. The number of fused-ring (bicyclic) bond motifs is 1. The SMILES string of the molecule is CC1Oc2ccccc2N(CC(=O)Nc2cc(CN)cc(C(F)(F)F)c2)C1=O. The maximum absolute atomic E-state index is 13.0. The van der Waals surface area contributed by atoms with E-state index >= 15 is 0 Å². The Bertz CT molecular complexity index is 915. The van der Waals surface area contributed by atoms with Gasteiger partial charge in [0.2, 0.25) is 5.91 Å². The minimum atomic E-state index is -4.57. The zero-order valence-electron chi connectivity index (χ0n) is 14.9. The van der Waals surface area contributed by atoms with Gasteiger partial charge in [-0.05, 0) is 42.8 Å². The normalized spacial score (nSPS) is 16.4. The van der Waals surface area contributed by atoms with E-state index in [0.29, 0.717) is 11.4 Å². The lowest BCUT2D eigenvalue weighted by Crippen LogP contribution is -2.47. The van der Waals surface area contributed by atoms with Gasteiger partial charge in [0, 0.05) is 12.2 Å². The first-order valence-corrected chi connectivity index (χ1v) is 8.47. The standard InChI is InChI=1S/C19H18F3N3O3/c1-11-18(27)25(15-4-2-3-5-16(15)28-11)10-17(26)24-14-7-12(9-23)6-13(8-14)19(20,21)22/h2-8,11H,9-10,23H2,1H3,(H,24,26). The number of carbonyl (C=O) groups excluding carboxylic acids is 2. The van der Waals surface area contributed by atoms with Crippen LogP contribution in [0.4, 0.5) is 24.5 Å². The van der Waals surface area contributed by atoms with Gasteiger partial charge in [-0.25, -0.2) is 0 Å². The number of para-hydroxylation sites is 2. The zero-order valence-corrected chi connectivity index (χ0v) is 14.9. The number of rotatable bonds is 4. The highest BCUT2D eigenvalue weighted by atomic mass is 19.4. The molecule has 1 aliphatic rings. The van der Waals surface area contributed by atoms with Crippen molar-refractivity contribution in [3.8, 4) is 5.75 Å². The lowest BCUT2D eigenvalue weighted by Gasteiger charge is -2.32. The highest BCUT2D eigenvalue weighted by Gasteiger charge is 2.33. The largest absolute Gasteiger partial charge is 0.479 e. The fourth-order valence-electron chi connectivity index (χ4n) is 2.91. The number of benzene rings is 2. The summed E-state index contributed by atoms with van der Waals surface area (Å²) in [6, 6.07) is 9.85. The number of nitrogens with one attached hydrogen (secondary N) is 1. The number of nitrogens with two attached hydrogens (primary N) is 1. The quantitative estimate of drug-likeness (QED) is 0.837. The molecule has 6 nitrogen and oxygen atoms in total. The second kappa shape index (κ2) is 7.51. The Morgan fingerprint density at radius 3 is 2.64 bits per heavy atom. The van der Waals surface area contributed by atoms with Crippen molar-refractivity contribution >= 4 is 23.2 Å². The van der Waals surface area contributed by atoms with E-state index in [1.165, 1.54) is 11.0 Å². The van der Waals surface area contributed by atoms with Crippen molar-refractivity contribution < 1.29 is 27.5 Å². The third-order valence-corrected chi connectivity index (χ3v) is 4.21. The van der Waals surface area contributed by atoms with Crippen molar-refractivity contribution in [3.63, 3.8) is 0 Å². The number of amides is 2. The molecule has 3 rings (SSSR count). The average Bonchev–Trinajstić information content (AvgIpc) is 2.64. The Kier molecular flexibility index (Phi) is 5.28. The molecule has 1 unspecified atom stereocenters. The lowest BCUT2D eigenvalue weighted by molar-refractivity contribution is -0.137.